The van der Waals surface area contributed by atoms with Gasteiger partial charge in [-0.05, 0) is 12.8 Å². The van der Waals surface area contributed by atoms with Crippen molar-refractivity contribution >= 4 is 5.91 Å². The summed E-state index contributed by atoms with van der Waals surface area (Å²) >= 11 is 0. The molecule has 6 heteroatoms. The van der Waals surface area contributed by atoms with Gasteiger partial charge in [-0.2, -0.15) is 13.2 Å². The molecule has 0 bridgehead atoms. The highest BCUT2D eigenvalue weighted by molar-refractivity contribution is 5.81. The van der Waals surface area contributed by atoms with E-state index in [-0.39, 0.29) is 12.5 Å². The van der Waals surface area contributed by atoms with Crippen LogP contribution in [0.25, 0.3) is 0 Å². The maximum atomic E-state index is 11.7. The van der Waals surface area contributed by atoms with E-state index in [1.165, 1.54) is 0 Å². The summed E-state index contributed by atoms with van der Waals surface area (Å²) in [5.41, 5.74) is 0. The molecule has 0 aromatic rings. The van der Waals surface area contributed by atoms with Crippen LogP contribution >= 0.6 is 0 Å². The van der Waals surface area contributed by atoms with E-state index < -0.39 is 18.2 Å². The van der Waals surface area contributed by atoms with E-state index in [1.54, 1.807) is 5.32 Å². The average molecular weight is 211 g/mol. The second-order valence-corrected chi connectivity index (χ2v) is 3.47. The third-order valence-electron chi connectivity index (χ3n) is 2.40. The van der Waals surface area contributed by atoms with Crippen LogP contribution < -0.4 is 5.32 Å². The molecular weight excluding hydrogens is 199 g/mol. The number of carbonyl (C=O) groups excluding carboxylic acids is 1. The standard InChI is InChI=1S/C8H12F3NO2/c9-8(10,11)7(14)12-4-5-2-1-3-6(5)13/h5-6,13H,1-4H2,(H,12,14). The van der Waals surface area contributed by atoms with E-state index in [0.717, 1.165) is 6.42 Å². The van der Waals surface area contributed by atoms with Crippen LogP contribution in [0.3, 0.4) is 0 Å². The number of alkyl halides is 3. The molecule has 0 heterocycles. The van der Waals surface area contributed by atoms with Gasteiger partial charge in [0.05, 0.1) is 6.10 Å². The SMILES string of the molecule is O=C(NCC1CCCC1O)C(F)(F)F. The van der Waals surface area contributed by atoms with Crippen molar-refractivity contribution in [2.75, 3.05) is 6.54 Å². The Bertz CT molecular complexity index is 217. The predicted molar refractivity (Wildman–Crippen MR) is 42.4 cm³/mol. The van der Waals surface area contributed by atoms with Crippen molar-refractivity contribution in [3.05, 3.63) is 0 Å². The molecule has 1 aliphatic carbocycles. The monoisotopic (exact) mass is 211 g/mol. The van der Waals surface area contributed by atoms with Crippen molar-refractivity contribution in [3.63, 3.8) is 0 Å². The predicted octanol–water partition coefficient (Wildman–Crippen LogP) is 0.826. The summed E-state index contributed by atoms with van der Waals surface area (Å²) in [7, 11) is 0. The van der Waals surface area contributed by atoms with Crippen LogP contribution in [-0.4, -0.2) is 29.8 Å². The van der Waals surface area contributed by atoms with Crippen LogP contribution in [0.4, 0.5) is 13.2 Å². The molecule has 0 radical (unpaired) electrons. The van der Waals surface area contributed by atoms with Crippen LogP contribution in [-0.2, 0) is 4.79 Å². The average Bonchev–Trinajstić information content (AvgIpc) is 2.45. The highest BCUT2D eigenvalue weighted by Gasteiger charge is 2.39. The number of hydrogen-bond acceptors (Lipinski definition) is 2. The summed E-state index contributed by atoms with van der Waals surface area (Å²) in [6, 6.07) is 0. The molecule has 0 spiro atoms. The first-order valence-corrected chi connectivity index (χ1v) is 4.44. The van der Waals surface area contributed by atoms with Gasteiger partial charge in [0.15, 0.2) is 0 Å². The molecular formula is C8H12F3NO2. The first-order chi connectivity index (χ1) is 6.41. The Morgan fingerprint density at radius 3 is 2.50 bits per heavy atom. The van der Waals surface area contributed by atoms with Crippen molar-refractivity contribution < 1.29 is 23.1 Å². The van der Waals surface area contributed by atoms with E-state index in [0.29, 0.717) is 12.8 Å². The van der Waals surface area contributed by atoms with Gasteiger partial charge in [-0.3, -0.25) is 4.79 Å². The number of halogens is 3. The van der Waals surface area contributed by atoms with E-state index in [1.807, 2.05) is 0 Å². The van der Waals surface area contributed by atoms with Gasteiger partial charge in [0.1, 0.15) is 0 Å². The Morgan fingerprint density at radius 1 is 1.43 bits per heavy atom. The number of hydrogen-bond donors (Lipinski definition) is 2. The molecule has 14 heavy (non-hydrogen) atoms. The van der Waals surface area contributed by atoms with Gasteiger partial charge in [-0.25, -0.2) is 0 Å². The maximum absolute atomic E-state index is 11.7. The zero-order valence-corrected chi connectivity index (χ0v) is 7.47. The highest BCUT2D eigenvalue weighted by atomic mass is 19.4. The van der Waals surface area contributed by atoms with Crippen LogP contribution in [0, 0.1) is 5.92 Å². The zero-order valence-electron chi connectivity index (χ0n) is 7.47. The normalized spacial score (nSPS) is 27.7. The van der Waals surface area contributed by atoms with Gasteiger partial charge < -0.3 is 10.4 Å². The lowest BCUT2D eigenvalue weighted by Crippen LogP contribution is -2.40. The van der Waals surface area contributed by atoms with E-state index in [9.17, 15) is 23.1 Å². The fraction of sp³-hybridized carbons (Fsp3) is 0.875. The van der Waals surface area contributed by atoms with Gasteiger partial charge in [0.2, 0.25) is 0 Å². The lowest BCUT2D eigenvalue weighted by molar-refractivity contribution is -0.173. The molecule has 2 N–H and O–H groups in total. The Labute approximate surface area is 79.3 Å². The van der Waals surface area contributed by atoms with Crippen molar-refractivity contribution in [2.24, 2.45) is 5.92 Å². The molecule has 0 aliphatic heterocycles. The minimum atomic E-state index is -4.83. The van der Waals surface area contributed by atoms with Crippen molar-refractivity contribution in [1.29, 1.82) is 0 Å². The molecule has 0 aromatic heterocycles. The Morgan fingerprint density at radius 2 is 2.07 bits per heavy atom. The fourth-order valence-corrected chi connectivity index (χ4v) is 1.58. The molecule has 1 saturated carbocycles. The number of nitrogens with one attached hydrogen (secondary N) is 1. The summed E-state index contributed by atoms with van der Waals surface area (Å²) < 4.78 is 35.2. The van der Waals surface area contributed by atoms with Crippen LogP contribution in [0.15, 0.2) is 0 Å². The highest BCUT2D eigenvalue weighted by Crippen LogP contribution is 2.25. The third kappa shape index (κ3) is 2.87. The molecule has 3 nitrogen and oxygen atoms in total. The molecule has 1 fully saturated rings. The lowest BCUT2D eigenvalue weighted by Gasteiger charge is -2.15. The molecule has 1 amide bonds. The number of amides is 1. The van der Waals surface area contributed by atoms with Gasteiger partial charge in [-0.1, -0.05) is 6.42 Å². The van der Waals surface area contributed by atoms with E-state index in [4.69, 9.17) is 0 Å². The van der Waals surface area contributed by atoms with Crippen LogP contribution in [0.2, 0.25) is 0 Å². The van der Waals surface area contributed by atoms with Gasteiger partial charge in [0.25, 0.3) is 0 Å². The van der Waals surface area contributed by atoms with Crippen LogP contribution in [0.1, 0.15) is 19.3 Å². The quantitative estimate of drug-likeness (QED) is 0.710. The minimum absolute atomic E-state index is 0.0977. The van der Waals surface area contributed by atoms with Crippen molar-refractivity contribution in [3.8, 4) is 0 Å². The molecule has 0 aromatic carbocycles. The number of rotatable bonds is 2. The summed E-state index contributed by atoms with van der Waals surface area (Å²) in [6.45, 7) is -0.0977. The summed E-state index contributed by atoms with van der Waals surface area (Å²) in [5, 5.41) is 11.0. The van der Waals surface area contributed by atoms with Gasteiger partial charge >= 0.3 is 12.1 Å². The number of aliphatic hydroxyl groups excluding tert-OH is 1. The topological polar surface area (TPSA) is 49.3 Å². The minimum Gasteiger partial charge on any atom is -0.393 e. The van der Waals surface area contributed by atoms with Crippen molar-refractivity contribution in [2.45, 2.75) is 31.5 Å². The molecule has 2 atom stereocenters. The second kappa shape index (κ2) is 4.16. The Kier molecular flexibility index (Phi) is 3.36. The zero-order chi connectivity index (χ0) is 10.8. The summed E-state index contributed by atoms with van der Waals surface area (Å²) in [5.74, 6) is -2.17. The lowest BCUT2D eigenvalue weighted by atomic mass is 10.1. The molecule has 82 valence electrons. The number of carbonyl (C=O) groups is 1. The van der Waals surface area contributed by atoms with Crippen molar-refractivity contribution in [1.82, 2.24) is 5.32 Å². The molecule has 1 aliphatic rings. The van der Waals surface area contributed by atoms with Gasteiger partial charge in [0, 0.05) is 12.5 Å². The van der Waals surface area contributed by atoms with E-state index in [2.05, 4.69) is 0 Å². The van der Waals surface area contributed by atoms with E-state index >= 15 is 0 Å². The second-order valence-electron chi connectivity index (χ2n) is 3.47. The third-order valence-corrected chi connectivity index (χ3v) is 2.40. The fourth-order valence-electron chi connectivity index (χ4n) is 1.58. The first kappa shape index (κ1) is 11.3. The maximum Gasteiger partial charge on any atom is 0.471 e. The largest absolute Gasteiger partial charge is 0.471 e. The summed E-state index contributed by atoms with van der Waals surface area (Å²) in [6.07, 6.45) is -3.34. The molecule has 1 rings (SSSR count). The first-order valence-electron chi connectivity index (χ1n) is 4.44. The van der Waals surface area contributed by atoms with Gasteiger partial charge in [-0.15, -0.1) is 0 Å². The molecule has 0 saturated heterocycles. The Balaban J connectivity index is 2.30. The number of aliphatic hydroxyl groups is 1. The smallest absolute Gasteiger partial charge is 0.393 e. The Hall–Kier alpha value is -0.780. The van der Waals surface area contributed by atoms with Crippen LogP contribution in [0.5, 0.6) is 0 Å². The summed E-state index contributed by atoms with van der Waals surface area (Å²) in [4.78, 5) is 10.4. The molecule has 2 unspecified atom stereocenters.